The van der Waals surface area contributed by atoms with Crippen molar-refractivity contribution in [2.24, 2.45) is 29.1 Å². The third kappa shape index (κ3) is 2.06. The van der Waals surface area contributed by atoms with Crippen molar-refractivity contribution >= 4 is 0 Å². The van der Waals surface area contributed by atoms with Crippen LogP contribution in [0.1, 0.15) is 51.4 Å². The van der Waals surface area contributed by atoms with Crippen molar-refractivity contribution in [2.45, 2.75) is 57.4 Å². The zero-order valence-electron chi connectivity index (χ0n) is 12.4. The minimum atomic E-state index is 0.634. The van der Waals surface area contributed by atoms with E-state index in [0.29, 0.717) is 5.41 Å². The standard InChI is InChI=1S/C17H29NO/c1-18-16(15-3-2-4-19-11-15)17-8-12-5-13(9-17)7-14(6-12)10-17/h12-16,18H,2-11H2,1H3. The smallest absolute Gasteiger partial charge is 0.0509 e. The average molecular weight is 263 g/mol. The summed E-state index contributed by atoms with van der Waals surface area (Å²) >= 11 is 0. The van der Waals surface area contributed by atoms with Gasteiger partial charge in [0.2, 0.25) is 0 Å². The van der Waals surface area contributed by atoms with Crippen molar-refractivity contribution in [3.8, 4) is 0 Å². The van der Waals surface area contributed by atoms with Gasteiger partial charge in [0, 0.05) is 12.6 Å². The Balaban J connectivity index is 1.58. The normalized spacial score (nSPS) is 50.4. The summed E-state index contributed by atoms with van der Waals surface area (Å²) in [4.78, 5) is 0. The van der Waals surface area contributed by atoms with Crippen LogP contribution in [0.25, 0.3) is 0 Å². The molecule has 0 aromatic carbocycles. The van der Waals surface area contributed by atoms with Crippen LogP contribution in [0.15, 0.2) is 0 Å². The first-order valence-electron chi connectivity index (χ1n) is 8.54. The second-order valence-electron chi connectivity index (χ2n) is 8.02. The maximum atomic E-state index is 5.79. The van der Waals surface area contributed by atoms with Gasteiger partial charge in [0.25, 0.3) is 0 Å². The molecule has 19 heavy (non-hydrogen) atoms. The van der Waals surface area contributed by atoms with Crippen LogP contribution in [0.4, 0.5) is 0 Å². The van der Waals surface area contributed by atoms with E-state index >= 15 is 0 Å². The zero-order chi connectivity index (χ0) is 12.9. The van der Waals surface area contributed by atoms with E-state index in [0.717, 1.165) is 42.9 Å². The van der Waals surface area contributed by atoms with Crippen molar-refractivity contribution in [3.63, 3.8) is 0 Å². The van der Waals surface area contributed by atoms with Crippen molar-refractivity contribution in [3.05, 3.63) is 0 Å². The van der Waals surface area contributed by atoms with Gasteiger partial charge in [-0.1, -0.05) is 0 Å². The Kier molecular flexibility index (Phi) is 3.15. The maximum absolute atomic E-state index is 5.79. The first kappa shape index (κ1) is 12.6. The van der Waals surface area contributed by atoms with Gasteiger partial charge < -0.3 is 10.1 Å². The van der Waals surface area contributed by atoms with E-state index < -0.39 is 0 Å². The molecular formula is C17H29NO. The van der Waals surface area contributed by atoms with Crippen LogP contribution >= 0.6 is 0 Å². The molecule has 0 aromatic heterocycles. The molecule has 1 heterocycles. The van der Waals surface area contributed by atoms with E-state index in [-0.39, 0.29) is 0 Å². The molecule has 2 atom stereocenters. The molecule has 0 aromatic rings. The van der Waals surface area contributed by atoms with Crippen LogP contribution in [0.5, 0.6) is 0 Å². The summed E-state index contributed by atoms with van der Waals surface area (Å²) < 4.78 is 5.79. The predicted octanol–water partition coefficient (Wildman–Crippen LogP) is 3.22. The highest BCUT2D eigenvalue weighted by molar-refractivity contribution is 5.07. The summed E-state index contributed by atoms with van der Waals surface area (Å²) in [7, 11) is 2.21. The molecule has 1 aliphatic heterocycles. The molecule has 4 saturated carbocycles. The number of rotatable bonds is 3. The van der Waals surface area contributed by atoms with Gasteiger partial charge in [-0.25, -0.2) is 0 Å². The van der Waals surface area contributed by atoms with Gasteiger partial charge in [-0.3, -0.25) is 0 Å². The predicted molar refractivity (Wildman–Crippen MR) is 77.0 cm³/mol. The van der Waals surface area contributed by atoms with Crippen molar-refractivity contribution < 1.29 is 4.74 Å². The van der Waals surface area contributed by atoms with Gasteiger partial charge in [0.1, 0.15) is 0 Å². The highest BCUT2D eigenvalue weighted by Gasteiger charge is 2.55. The van der Waals surface area contributed by atoms with E-state index in [1.807, 2.05) is 0 Å². The summed E-state index contributed by atoms with van der Waals surface area (Å²) in [5.74, 6) is 3.96. The molecule has 5 fully saturated rings. The van der Waals surface area contributed by atoms with E-state index in [1.165, 1.54) is 32.1 Å². The largest absolute Gasteiger partial charge is 0.381 e. The molecule has 5 aliphatic rings. The van der Waals surface area contributed by atoms with E-state index in [1.54, 1.807) is 19.3 Å². The number of hydrogen-bond donors (Lipinski definition) is 1. The average Bonchev–Trinajstić information content (AvgIpc) is 2.38. The lowest BCUT2D eigenvalue weighted by Crippen LogP contribution is -2.58. The van der Waals surface area contributed by atoms with Crippen molar-refractivity contribution in [1.82, 2.24) is 5.32 Å². The molecule has 2 unspecified atom stereocenters. The van der Waals surface area contributed by atoms with Gasteiger partial charge in [-0.15, -0.1) is 0 Å². The van der Waals surface area contributed by atoms with Crippen LogP contribution < -0.4 is 5.32 Å². The Hall–Kier alpha value is -0.0800. The summed E-state index contributed by atoms with van der Waals surface area (Å²) in [6.07, 6.45) is 11.9. The molecular weight excluding hydrogens is 234 g/mol. The van der Waals surface area contributed by atoms with Crippen LogP contribution in [-0.4, -0.2) is 26.3 Å². The number of hydrogen-bond acceptors (Lipinski definition) is 2. The first-order valence-corrected chi connectivity index (χ1v) is 8.54. The molecule has 1 N–H and O–H groups in total. The fraction of sp³-hybridized carbons (Fsp3) is 1.00. The summed E-state index contributed by atoms with van der Waals surface area (Å²) in [5.41, 5.74) is 0.634. The Morgan fingerprint density at radius 1 is 1.05 bits per heavy atom. The first-order chi connectivity index (χ1) is 9.29. The Morgan fingerprint density at radius 3 is 2.16 bits per heavy atom. The topological polar surface area (TPSA) is 21.3 Å². The third-order valence-electron chi connectivity index (χ3n) is 6.72. The minimum Gasteiger partial charge on any atom is -0.381 e. The van der Waals surface area contributed by atoms with E-state index in [2.05, 4.69) is 12.4 Å². The van der Waals surface area contributed by atoms with Crippen LogP contribution in [0.3, 0.4) is 0 Å². The van der Waals surface area contributed by atoms with Crippen molar-refractivity contribution in [1.29, 1.82) is 0 Å². The summed E-state index contributed by atoms with van der Waals surface area (Å²) in [6.45, 7) is 2.00. The fourth-order valence-corrected chi connectivity index (χ4v) is 6.63. The third-order valence-corrected chi connectivity index (χ3v) is 6.72. The molecule has 0 amide bonds. The molecule has 4 bridgehead atoms. The monoisotopic (exact) mass is 263 g/mol. The molecule has 1 saturated heterocycles. The minimum absolute atomic E-state index is 0.634. The number of ether oxygens (including phenoxy) is 1. The zero-order valence-corrected chi connectivity index (χ0v) is 12.4. The molecule has 2 heteroatoms. The fourth-order valence-electron chi connectivity index (χ4n) is 6.63. The lowest BCUT2D eigenvalue weighted by Gasteiger charge is -2.60. The van der Waals surface area contributed by atoms with Gasteiger partial charge in [0.15, 0.2) is 0 Å². The van der Waals surface area contributed by atoms with Crippen LogP contribution in [0, 0.1) is 29.1 Å². The highest BCUT2D eigenvalue weighted by atomic mass is 16.5. The van der Waals surface area contributed by atoms with Gasteiger partial charge in [-0.2, -0.15) is 0 Å². The lowest BCUT2D eigenvalue weighted by atomic mass is 9.46. The molecule has 0 spiro atoms. The summed E-state index contributed by atoms with van der Waals surface area (Å²) in [6, 6.07) is 0.723. The van der Waals surface area contributed by atoms with Crippen LogP contribution in [0.2, 0.25) is 0 Å². The lowest BCUT2D eigenvalue weighted by molar-refractivity contribution is -0.0972. The Bertz CT molecular complexity index is 299. The SMILES string of the molecule is CNC(C1CCCOC1)C12CC3CC(CC(C3)C1)C2. The van der Waals surface area contributed by atoms with Crippen molar-refractivity contribution in [2.75, 3.05) is 20.3 Å². The molecule has 4 aliphatic carbocycles. The highest BCUT2D eigenvalue weighted by Crippen LogP contribution is 2.62. The second-order valence-corrected chi connectivity index (χ2v) is 8.02. The maximum Gasteiger partial charge on any atom is 0.0509 e. The van der Waals surface area contributed by atoms with Gasteiger partial charge in [-0.05, 0) is 87.5 Å². The van der Waals surface area contributed by atoms with Gasteiger partial charge >= 0.3 is 0 Å². The summed E-state index contributed by atoms with van der Waals surface area (Å²) in [5, 5.41) is 3.75. The Morgan fingerprint density at radius 2 is 1.68 bits per heavy atom. The van der Waals surface area contributed by atoms with E-state index in [4.69, 9.17) is 4.74 Å². The van der Waals surface area contributed by atoms with Gasteiger partial charge in [0.05, 0.1) is 6.61 Å². The molecule has 2 nitrogen and oxygen atoms in total. The number of nitrogens with one attached hydrogen (secondary N) is 1. The Labute approximate surface area is 117 Å². The quantitative estimate of drug-likeness (QED) is 0.844. The molecule has 5 rings (SSSR count). The van der Waals surface area contributed by atoms with E-state index in [9.17, 15) is 0 Å². The van der Waals surface area contributed by atoms with Crippen LogP contribution in [-0.2, 0) is 4.74 Å². The second kappa shape index (κ2) is 4.73. The molecule has 0 radical (unpaired) electrons. The molecule has 108 valence electrons.